The minimum Gasteiger partial charge on any atom is -0.370 e. The third-order valence-corrected chi connectivity index (χ3v) is 3.93. The minimum atomic E-state index is 0.391. The first-order chi connectivity index (χ1) is 10.8. The van der Waals surface area contributed by atoms with Gasteiger partial charge in [0.1, 0.15) is 5.15 Å². The van der Waals surface area contributed by atoms with Crippen LogP contribution >= 0.6 is 23.2 Å². The summed E-state index contributed by atoms with van der Waals surface area (Å²) in [6.07, 6.45) is 2.31. The average Bonchev–Trinajstić information content (AvgIpc) is 3.01. The van der Waals surface area contributed by atoms with Gasteiger partial charge in [-0.2, -0.15) is 5.10 Å². The number of hydrogen-bond donors (Lipinski definition) is 0. The average molecular weight is 336 g/mol. The lowest BCUT2D eigenvalue weighted by Gasteiger charge is -2.12. The quantitative estimate of drug-likeness (QED) is 0.507. The summed E-state index contributed by atoms with van der Waals surface area (Å²) in [5, 5.41) is 4.72. The summed E-state index contributed by atoms with van der Waals surface area (Å²) < 4.78 is 7.39. The molecule has 22 heavy (non-hydrogen) atoms. The summed E-state index contributed by atoms with van der Waals surface area (Å²) in [5.74, 6) is 0.472. The second-order valence-corrected chi connectivity index (χ2v) is 5.58. The number of hydrogen-bond acceptors (Lipinski definition) is 3. The maximum absolute atomic E-state index is 6.41. The van der Waals surface area contributed by atoms with Gasteiger partial charge in [-0.1, -0.05) is 41.9 Å². The molecule has 0 fully saturated rings. The van der Waals surface area contributed by atoms with Gasteiger partial charge >= 0.3 is 0 Å². The highest BCUT2D eigenvalue weighted by atomic mass is 35.5. The molecule has 4 nitrogen and oxygen atoms in total. The van der Waals surface area contributed by atoms with E-state index in [4.69, 9.17) is 27.9 Å². The van der Waals surface area contributed by atoms with Crippen molar-refractivity contribution in [2.75, 3.05) is 5.88 Å². The number of fused-ring (bicyclic) bond motifs is 1. The Hall–Kier alpha value is -1.62. The van der Waals surface area contributed by atoms with Crippen molar-refractivity contribution in [1.82, 2.24) is 14.6 Å². The van der Waals surface area contributed by atoms with Gasteiger partial charge in [0.25, 0.3) is 0 Å². The molecule has 0 unspecified atom stereocenters. The third kappa shape index (κ3) is 3.24. The molecule has 0 saturated carbocycles. The topological polar surface area (TPSA) is 39.4 Å². The van der Waals surface area contributed by atoms with E-state index in [1.54, 1.807) is 10.7 Å². The Kier molecular flexibility index (Phi) is 4.93. The molecule has 1 aromatic carbocycles. The van der Waals surface area contributed by atoms with Crippen molar-refractivity contribution in [3.05, 3.63) is 64.6 Å². The van der Waals surface area contributed by atoms with E-state index in [-0.39, 0.29) is 0 Å². The Labute approximate surface area is 138 Å². The minimum absolute atomic E-state index is 0.391. The molecule has 0 bridgehead atoms. The SMILES string of the molecule is ClCCc1c(COCc2ccccc2)nc2ccnn2c1Cl. The van der Waals surface area contributed by atoms with E-state index in [1.165, 1.54) is 0 Å². The van der Waals surface area contributed by atoms with E-state index in [2.05, 4.69) is 10.1 Å². The first kappa shape index (κ1) is 15.3. The van der Waals surface area contributed by atoms with Gasteiger partial charge in [0, 0.05) is 17.5 Å². The number of halogens is 2. The zero-order valence-corrected chi connectivity index (χ0v) is 13.4. The molecular formula is C16H15Cl2N3O. The van der Waals surface area contributed by atoms with E-state index >= 15 is 0 Å². The van der Waals surface area contributed by atoms with Crippen LogP contribution in [0.25, 0.3) is 5.65 Å². The standard InChI is InChI=1S/C16H15Cl2N3O/c17-8-6-13-14(11-22-10-12-4-2-1-3-5-12)20-15-7-9-19-21(15)16(13)18/h1-5,7,9H,6,8,10-11H2. The molecule has 6 heteroatoms. The molecule has 114 valence electrons. The predicted molar refractivity (Wildman–Crippen MR) is 87.4 cm³/mol. The van der Waals surface area contributed by atoms with Crippen molar-refractivity contribution < 1.29 is 4.74 Å². The molecule has 0 aliphatic carbocycles. The molecule has 2 aromatic heterocycles. The molecule has 0 aliphatic heterocycles. The van der Waals surface area contributed by atoms with Crippen LogP contribution < -0.4 is 0 Å². The summed E-state index contributed by atoms with van der Waals surface area (Å²) in [7, 11) is 0. The van der Waals surface area contributed by atoms with E-state index in [1.807, 2.05) is 36.4 Å². The second-order valence-electron chi connectivity index (χ2n) is 4.85. The van der Waals surface area contributed by atoms with E-state index < -0.39 is 0 Å². The maximum atomic E-state index is 6.41. The van der Waals surface area contributed by atoms with Crippen LogP contribution in [0.5, 0.6) is 0 Å². The normalized spacial score (nSPS) is 11.2. The van der Waals surface area contributed by atoms with Crippen LogP contribution in [0.15, 0.2) is 42.6 Å². The van der Waals surface area contributed by atoms with Crippen molar-refractivity contribution in [3.8, 4) is 0 Å². The lowest BCUT2D eigenvalue weighted by molar-refractivity contribution is 0.104. The monoisotopic (exact) mass is 335 g/mol. The molecule has 0 N–H and O–H groups in total. The van der Waals surface area contributed by atoms with Crippen LogP contribution in [0.4, 0.5) is 0 Å². The van der Waals surface area contributed by atoms with Crippen LogP contribution in [0.2, 0.25) is 5.15 Å². The zero-order valence-electron chi connectivity index (χ0n) is 11.9. The van der Waals surface area contributed by atoms with Crippen LogP contribution in [0.1, 0.15) is 16.8 Å². The summed E-state index contributed by atoms with van der Waals surface area (Å²) >= 11 is 12.3. The maximum Gasteiger partial charge on any atom is 0.157 e. The van der Waals surface area contributed by atoms with E-state index in [0.717, 1.165) is 16.8 Å². The Bertz CT molecular complexity index is 759. The Morgan fingerprint density at radius 3 is 2.68 bits per heavy atom. The van der Waals surface area contributed by atoms with Crippen LogP contribution in [-0.2, 0) is 24.4 Å². The van der Waals surface area contributed by atoms with Crippen LogP contribution in [0.3, 0.4) is 0 Å². The van der Waals surface area contributed by atoms with Gasteiger partial charge in [0.15, 0.2) is 5.65 Å². The van der Waals surface area contributed by atoms with Gasteiger partial charge in [-0.15, -0.1) is 11.6 Å². The summed E-state index contributed by atoms with van der Waals surface area (Å²) in [6, 6.07) is 11.8. The lowest BCUT2D eigenvalue weighted by Crippen LogP contribution is -2.07. The van der Waals surface area contributed by atoms with Gasteiger partial charge in [0.2, 0.25) is 0 Å². The Balaban J connectivity index is 1.81. The molecule has 2 heterocycles. The molecule has 0 atom stereocenters. The second kappa shape index (κ2) is 7.09. The number of rotatable bonds is 6. The van der Waals surface area contributed by atoms with E-state index in [0.29, 0.717) is 36.3 Å². The fraction of sp³-hybridized carbons (Fsp3) is 0.250. The highest BCUT2D eigenvalue weighted by molar-refractivity contribution is 6.30. The lowest BCUT2D eigenvalue weighted by atomic mass is 10.2. The van der Waals surface area contributed by atoms with Gasteiger partial charge in [-0.25, -0.2) is 9.50 Å². The molecule has 0 saturated heterocycles. The molecule has 0 aliphatic rings. The van der Waals surface area contributed by atoms with Crippen molar-refractivity contribution in [2.24, 2.45) is 0 Å². The van der Waals surface area contributed by atoms with Crippen molar-refractivity contribution in [2.45, 2.75) is 19.6 Å². The Morgan fingerprint density at radius 1 is 1.09 bits per heavy atom. The fourth-order valence-corrected chi connectivity index (χ4v) is 2.81. The first-order valence-corrected chi connectivity index (χ1v) is 7.89. The highest BCUT2D eigenvalue weighted by Gasteiger charge is 2.14. The fourth-order valence-electron chi connectivity index (χ4n) is 2.29. The van der Waals surface area contributed by atoms with Gasteiger partial charge in [-0.05, 0) is 12.0 Å². The molecule has 3 rings (SSSR count). The number of nitrogens with zero attached hydrogens (tertiary/aromatic N) is 3. The van der Waals surface area contributed by atoms with Crippen molar-refractivity contribution >= 4 is 28.8 Å². The summed E-state index contributed by atoms with van der Waals surface area (Å²) in [6.45, 7) is 0.924. The molecule has 0 spiro atoms. The van der Waals surface area contributed by atoms with E-state index in [9.17, 15) is 0 Å². The highest BCUT2D eigenvalue weighted by Crippen LogP contribution is 2.22. The molecule has 0 radical (unpaired) electrons. The summed E-state index contributed by atoms with van der Waals surface area (Å²) in [5.41, 5.74) is 3.54. The van der Waals surface area contributed by atoms with Crippen molar-refractivity contribution in [1.29, 1.82) is 0 Å². The molecule has 3 aromatic rings. The predicted octanol–water partition coefficient (Wildman–Crippen LogP) is 3.88. The largest absolute Gasteiger partial charge is 0.370 e. The molecule has 0 amide bonds. The first-order valence-electron chi connectivity index (χ1n) is 6.98. The third-order valence-electron chi connectivity index (χ3n) is 3.35. The van der Waals surface area contributed by atoms with Gasteiger partial charge in [-0.3, -0.25) is 0 Å². The zero-order chi connectivity index (χ0) is 15.4. The number of ether oxygens (including phenoxy) is 1. The Morgan fingerprint density at radius 2 is 1.91 bits per heavy atom. The van der Waals surface area contributed by atoms with Gasteiger partial charge < -0.3 is 4.74 Å². The summed E-state index contributed by atoms with van der Waals surface area (Å²) in [4.78, 5) is 4.58. The van der Waals surface area contributed by atoms with Gasteiger partial charge in [0.05, 0.1) is 25.1 Å². The van der Waals surface area contributed by atoms with Crippen LogP contribution in [0, 0.1) is 0 Å². The number of alkyl halides is 1. The van der Waals surface area contributed by atoms with Crippen LogP contribution in [-0.4, -0.2) is 20.5 Å². The number of aromatic nitrogens is 3. The smallest absolute Gasteiger partial charge is 0.157 e. The molecular weight excluding hydrogens is 321 g/mol. The van der Waals surface area contributed by atoms with Crippen molar-refractivity contribution in [3.63, 3.8) is 0 Å². The number of benzene rings is 1.